The van der Waals surface area contributed by atoms with E-state index in [2.05, 4.69) is 20.5 Å². The van der Waals surface area contributed by atoms with Gasteiger partial charge in [0.15, 0.2) is 11.0 Å². The highest BCUT2D eigenvalue weighted by Gasteiger charge is 2.20. The number of nitrogens with one attached hydrogen (secondary N) is 1. The lowest BCUT2D eigenvalue weighted by molar-refractivity contribution is -0.120. The summed E-state index contributed by atoms with van der Waals surface area (Å²) in [6.45, 7) is 4.88. The highest BCUT2D eigenvalue weighted by molar-refractivity contribution is 8.00. The van der Waals surface area contributed by atoms with Gasteiger partial charge in [0.05, 0.1) is 5.25 Å². The van der Waals surface area contributed by atoms with Gasteiger partial charge in [-0.25, -0.2) is 4.39 Å². The maximum Gasteiger partial charge on any atom is 0.233 e. The second-order valence-corrected chi connectivity index (χ2v) is 7.20. The van der Waals surface area contributed by atoms with Gasteiger partial charge in [0, 0.05) is 31.0 Å². The first-order chi connectivity index (χ1) is 13.1. The van der Waals surface area contributed by atoms with Crippen molar-refractivity contribution in [2.24, 2.45) is 0 Å². The topological polar surface area (TPSA) is 72.7 Å². The zero-order valence-electron chi connectivity index (χ0n) is 15.1. The van der Waals surface area contributed by atoms with Crippen LogP contribution in [-0.4, -0.2) is 30.9 Å². The molecule has 0 bridgehead atoms. The number of amides is 1. The van der Waals surface area contributed by atoms with Crippen molar-refractivity contribution >= 4 is 17.7 Å². The predicted molar refractivity (Wildman–Crippen MR) is 102 cm³/mol. The van der Waals surface area contributed by atoms with E-state index >= 15 is 0 Å². The number of carbonyl (C=O) groups excluding carboxylic acids is 1. The molecule has 140 valence electrons. The Kier molecular flexibility index (Phi) is 6.18. The van der Waals surface area contributed by atoms with E-state index < -0.39 is 0 Å². The highest BCUT2D eigenvalue weighted by atomic mass is 32.2. The summed E-state index contributed by atoms with van der Waals surface area (Å²) >= 11 is 1.36. The van der Waals surface area contributed by atoms with E-state index in [1.54, 1.807) is 24.5 Å². The van der Waals surface area contributed by atoms with E-state index in [9.17, 15) is 9.18 Å². The molecule has 1 aromatic carbocycles. The fourth-order valence-electron chi connectivity index (χ4n) is 2.52. The lowest BCUT2D eigenvalue weighted by Gasteiger charge is -2.13. The summed E-state index contributed by atoms with van der Waals surface area (Å²) in [6, 6.07) is 9.82. The molecular formula is C19H20FN5OS. The molecule has 0 aliphatic heterocycles. The molecule has 2 aromatic heterocycles. The Hall–Kier alpha value is -2.74. The smallest absolute Gasteiger partial charge is 0.233 e. The largest absolute Gasteiger partial charge is 0.351 e. The fourth-order valence-corrected chi connectivity index (χ4v) is 3.46. The minimum absolute atomic E-state index is 0.111. The summed E-state index contributed by atoms with van der Waals surface area (Å²) in [5, 5.41) is 11.7. The van der Waals surface area contributed by atoms with Crippen LogP contribution in [0.15, 0.2) is 53.9 Å². The summed E-state index contributed by atoms with van der Waals surface area (Å²) in [5.41, 5.74) is 1.78. The van der Waals surface area contributed by atoms with E-state index in [1.165, 1.54) is 23.9 Å². The molecule has 6 nitrogen and oxygen atoms in total. The molecule has 3 aromatic rings. The monoisotopic (exact) mass is 385 g/mol. The normalized spacial score (nSPS) is 12.0. The number of benzene rings is 1. The van der Waals surface area contributed by atoms with Crippen LogP contribution in [-0.2, 0) is 17.9 Å². The number of pyridine rings is 1. The number of rotatable bonds is 7. The Morgan fingerprint density at radius 1 is 1.19 bits per heavy atom. The Labute approximate surface area is 161 Å². The van der Waals surface area contributed by atoms with Crippen molar-refractivity contribution in [2.45, 2.75) is 37.3 Å². The van der Waals surface area contributed by atoms with Gasteiger partial charge in [0.2, 0.25) is 5.91 Å². The molecule has 1 atom stereocenters. The minimum Gasteiger partial charge on any atom is -0.351 e. The number of aromatic nitrogens is 4. The number of hydrogen-bond acceptors (Lipinski definition) is 5. The third kappa shape index (κ3) is 4.71. The lowest BCUT2D eigenvalue weighted by Crippen LogP contribution is -2.30. The second-order valence-electron chi connectivity index (χ2n) is 5.89. The molecule has 0 aliphatic rings. The molecular weight excluding hydrogens is 365 g/mol. The van der Waals surface area contributed by atoms with Gasteiger partial charge in [-0.1, -0.05) is 23.9 Å². The summed E-state index contributed by atoms with van der Waals surface area (Å²) in [4.78, 5) is 16.4. The van der Waals surface area contributed by atoms with Crippen LogP contribution >= 0.6 is 11.8 Å². The standard InChI is InChI=1S/C19H20FN5OS/c1-3-25-17(15-8-10-21-11-9-15)23-24-19(25)27-13(2)18(26)22-12-14-4-6-16(20)7-5-14/h4-11,13H,3,12H2,1-2H3,(H,22,26)/t13-/m1/s1. The summed E-state index contributed by atoms with van der Waals surface area (Å²) < 4.78 is 14.9. The number of halogens is 1. The summed E-state index contributed by atoms with van der Waals surface area (Å²) in [6.07, 6.45) is 3.42. The highest BCUT2D eigenvalue weighted by Crippen LogP contribution is 2.26. The van der Waals surface area contributed by atoms with Crippen molar-refractivity contribution in [3.05, 3.63) is 60.2 Å². The average molecular weight is 385 g/mol. The Balaban J connectivity index is 1.65. The molecule has 1 amide bonds. The Bertz CT molecular complexity index is 898. The molecule has 0 fully saturated rings. The van der Waals surface area contributed by atoms with E-state index in [0.29, 0.717) is 18.2 Å². The SMILES string of the molecule is CCn1c(S[C@H](C)C(=O)NCc2ccc(F)cc2)nnc1-c1ccncc1. The van der Waals surface area contributed by atoms with Gasteiger partial charge in [-0.15, -0.1) is 10.2 Å². The summed E-state index contributed by atoms with van der Waals surface area (Å²) in [5.74, 6) is 0.347. The molecule has 3 rings (SSSR count). The predicted octanol–water partition coefficient (Wildman–Crippen LogP) is 3.30. The first-order valence-corrected chi connectivity index (χ1v) is 9.49. The molecule has 0 unspecified atom stereocenters. The Morgan fingerprint density at radius 2 is 1.89 bits per heavy atom. The van der Waals surface area contributed by atoms with Gasteiger partial charge in [-0.05, 0) is 43.7 Å². The zero-order chi connectivity index (χ0) is 19.2. The van der Waals surface area contributed by atoms with Crippen LogP contribution in [0.3, 0.4) is 0 Å². The van der Waals surface area contributed by atoms with E-state index in [0.717, 1.165) is 17.0 Å². The van der Waals surface area contributed by atoms with Crippen LogP contribution in [0.5, 0.6) is 0 Å². The van der Waals surface area contributed by atoms with Crippen molar-refractivity contribution in [3.8, 4) is 11.4 Å². The molecule has 0 saturated carbocycles. The van der Waals surface area contributed by atoms with Crippen molar-refractivity contribution in [1.29, 1.82) is 0 Å². The molecule has 2 heterocycles. The maximum atomic E-state index is 12.9. The van der Waals surface area contributed by atoms with Crippen LogP contribution in [0.1, 0.15) is 19.4 Å². The number of carbonyl (C=O) groups is 1. The number of thioether (sulfide) groups is 1. The van der Waals surface area contributed by atoms with Gasteiger partial charge in [-0.3, -0.25) is 9.78 Å². The zero-order valence-corrected chi connectivity index (χ0v) is 15.9. The molecule has 0 aliphatic carbocycles. The first kappa shape index (κ1) is 19.0. The minimum atomic E-state index is -0.342. The van der Waals surface area contributed by atoms with Crippen molar-refractivity contribution < 1.29 is 9.18 Å². The van der Waals surface area contributed by atoms with Gasteiger partial charge >= 0.3 is 0 Å². The number of nitrogens with zero attached hydrogens (tertiary/aromatic N) is 4. The van der Waals surface area contributed by atoms with Crippen molar-refractivity contribution in [2.75, 3.05) is 0 Å². The van der Waals surface area contributed by atoms with Gasteiger partial charge in [0.25, 0.3) is 0 Å². The van der Waals surface area contributed by atoms with E-state index in [-0.39, 0.29) is 17.0 Å². The fraction of sp³-hybridized carbons (Fsp3) is 0.263. The van der Waals surface area contributed by atoms with Crippen LogP contribution in [0.4, 0.5) is 4.39 Å². The molecule has 0 saturated heterocycles. The van der Waals surface area contributed by atoms with Gasteiger partial charge in [0.1, 0.15) is 5.82 Å². The maximum absolute atomic E-state index is 12.9. The van der Waals surface area contributed by atoms with Crippen LogP contribution in [0.25, 0.3) is 11.4 Å². The van der Waals surface area contributed by atoms with Crippen LogP contribution < -0.4 is 5.32 Å². The third-order valence-electron chi connectivity index (χ3n) is 4.00. The van der Waals surface area contributed by atoms with Crippen LogP contribution in [0, 0.1) is 5.82 Å². The number of hydrogen-bond donors (Lipinski definition) is 1. The second kappa shape index (κ2) is 8.77. The first-order valence-electron chi connectivity index (χ1n) is 8.61. The van der Waals surface area contributed by atoms with Gasteiger partial charge < -0.3 is 9.88 Å². The molecule has 1 N–H and O–H groups in total. The molecule has 0 radical (unpaired) electrons. The van der Waals surface area contributed by atoms with Crippen LogP contribution in [0.2, 0.25) is 0 Å². The Morgan fingerprint density at radius 3 is 2.56 bits per heavy atom. The quantitative estimate of drug-likeness (QED) is 0.632. The average Bonchev–Trinajstić information content (AvgIpc) is 3.10. The van der Waals surface area contributed by atoms with Gasteiger partial charge in [-0.2, -0.15) is 0 Å². The molecule has 0 spiro atoms. The molecule has 8 heteroatoms. The molecule has 27 heavy (non-hydrogen) atoms. The lowest BCUT2D eigenvalue weighted by atomic mass is 10.2. The van der Waals surface area contributed by atoms with Crippen molar-refractivity contribution in [3.63, 3.8) is 0 Å². The van der Waals surface area contributed by atoms with E-state index in [1.807, 2.05) is 30.5 Å². The third-order valence-corrected chi connectivity index (χ3v) is 5.08. The summed E-state index contributed by atoms with van der Waals surface area (Å²) in [7, 11) is 0. The van der Waals surface area contributed by atoms with Crippen molar-refractivity contribution in [1.82, 2.24) is 25.1 Å². The van der Waals surface area contributed by atoms with E-state index in [4.69, 9.17) is 0 Å².